The minimum absolute atomic E-state index is 0.0608. The van der Waals surface area contributed by atoms with E-state index in [9.17, 15) is 14.7 Å². The fraction of sp³-hybridized carbons (Fsp3) is 0.158. The first-order chi connectivity index (χ1) is 11.9. The van der Waals surface area contributed by atoms with E-state index in [1.807, 2.05) is 18.2 Å². The summed E-state index contributed by atoms with van der Waals surface area (Å²) in [5.41, 5.74) is 0.125. The second-order valence-electron chi connectivity index (χ2n) is 5.95. The van der Waals surface area contributed by atoms with Gasteiger partial charge in [-0.15, -0.1) is 0 Å². The van der Waals surface area contributed by atoms with Crippen molar-refractivity contribution in [3.63, 3.8) is 0 Å². The molecule has 6 heteroatoms. The molecule has 1 aromatic heterocycles. The van der Waals surface area contributed by atoms with E-state index in [0.29, 0.717) is 16.7 Å². The Kier molecular flexibility index (Phi) is 4.54. The number of aliphatic hydroxyl groups is 1. The summed E-state index contributed by atoms with van der Waals surface area (Å²) in [6, 6.07) is 16.6. The van der Waals surface area contributed by atoms with Crippen LogP contribution in [0.1, 0.15) is 12.5 Å². The number of anilines is 1. The van der Waals surface area contributed by atoms with Gasteiger partial charge in [0.05, 0.1) is 6.54 Å². The van der Waals surface area contributed by atoms with E-state index < -0.39 is 17.3 Å². The lowest BCUT2D eigenvalue weighted by atomic mass is 9.96. The summed E-state index contributed by atoms with van der Waals surface area (Å²) in [5, 5.41) is 16.5. The molecule has 1 heterocycles. The zero-order valence-corrected chi connectivity index (χ0v) is 13.7. The van der Waals surface area contributed by atoms with Crippen LogP contribution in [0.15, 0.2) is 69.9 Å². The SMILES string of the molecule is CC(O)(CNC(=O)Nc1ccc2oc(=O)ccc2c1)c1ccccc1. The first-order valence-corrected chi connectivity index (χ1v) is 7.81. The molecule has 0 spiro atoms. The van der Waals surface area contributed by atoms with Gasteiger partial charge in [-0.3, -0.25) is 0 Å². The fourth-order valence-corrected chi connectivity index (χ4v) is 2.48. The number of amides is 2. The van der Waals surface area contributed by atoms with Crippen LogP contribution in [-0.2, 0) is 5.60 Å². The van der Waals surface area contributed by atoms with Gasteiger partial charge in [0.25, 0.3) is 0 Å². The Morgan fingerprint density at radius 2 is 1.88 bits per heavy atom. The van der Waals surface area contributed by atoms with Crippen molar-refractivity contribution in [2.24, 2.45) is 0 Å². The molecule has 1 unspecified atom stereocenters. The van der Waals surface area contributed by atoms with Crippen LogP contribution in [0.3, 0.4) is 0 Å². The van der Waals surface area contributed by atoms with E-state index >= 15 is 0 Å². The van der Waals surface area contributed by atoms with Gasteiger partial charge in [0.1, 0.15) is 11.2 Å². The Morgan fingerprint density at radius 3 is 2.64 bits per heavy atom. The molecule has 2 aromatic carbocycles. The van der Waals surface area contributed by atoms with E-state index in [-0.39, 0.29) is 6.54 Å². The van der Waals surface area contributed by atoms with Gasteiger partial charge < -0.3 is 20.2 Å². The van der Waals surface area contributed by atoms with Crippen molar-refractivity contribution in [2.75, 3.05) is 11.9 Å². The summed E-state index contributed by atoms with van der Waals surface area (Å²) in [6.07, 6.45) is 0. The Morgan fingerprint density at radius 1 is 1.12 bits per heavy atom. The van der Waals surface area contributed by atoms with Crippen LogP contribution in [0.25, 0.3) is 11.0 Å². The van der Waals surface area contributed by atoms with Crippen LogP contribution < -0.4 is 16.3 Å². The van der Waals surface area contributed by atoms with Crippen LogP contribution in [0.5, 0.6) is 0 Å². The van der Waals surface area contributed by atoms with Crippen molar-refractivity contribution < 1.29 is 14.3 Å². The molecule has 2 amide bonds. The molecule has 0 aliphatic rings. The molecular weight excluding hydrogens is 320 g/mol. The number of benzene rings is 2. The third kappa shape index (κ3) is 4.05. The van der Waals surface area contributed by atoms with Crippen LogP contribution in [0.4, 0.5) is 10.5 Å². The minimum atomic E-state index is -1.18. The molecule has 0 saturated carbocycles. The Labute approximate surface area is 144 Å². The van der Waals surface area contributed by atoms with Crippen molar-refractivity contribution in [3.05, 3.63) is 76.6 Å². The highest BCUT2D eigenvalue weighted by Gasteiger charge is 2.23. The number of rotatable bonds is 4. The van der Waals surface area contributed by atoms with Gasteiger partial charge in [-0.2, -0.15) is 0 Å². The molecule has 1 atom stereocenters. The number of carbonyl (C=O) groups excluding carboxylic acids is 1. The minimum Gasteiger partial charge on any atom is -0.423 e. The summed E-state index contributed by atoms with van der Waals surface area (Å²) in [6.45, 7) is 1.70. The predicted octanol–water partition coefficient (Wildman–Crippen LogP) is 2.82. The molecule has 0 fully saturated rings. The number of urea groups is 1. The van der Waals surface area contributed by atoms with Gasteiger partial charge in [0.2, 0.25) is 0 Å². The van der Waals surface area contributed by atoms with Gasteiger partial charge in [0.15, 0.2) is 0 Å². The van der Waals surface area contributed by atoms with E-state index in [0.717, 1.165) is 5.56 Å². The van der Waals surface area contributed by atoms with Gasteiger partial charge >= 0.3 is 11.7 Å². The lowest BCUT2D eigenvalue weighted by Gasteiger charge is -2.24. The van der Waals surface area contributed by atoms with Crippen molar-refractivity contribution in [2.45, 2.75) is 12.5 Å². The van der Waals surface area contributed by atoms with Crippen molar-refractivity contribution in [1.82, 2.24) is 5.32 Å². The van der Waals surface area contributed by atoms with E-state index in [1.165, 1.54) is 6.07 Å². The second-order valence-corrected chi connectivity index (χ2v) is 5.95. The first-order valence-electron chi connectivity index (χ1n) is 7.81. The van der Waals surface area contributed by atoms with E-state index in [2.05, 4.69) is 10.6 Å². The molecule has 3 rings (SSSR count). The molecular formula is C19H18N2O4. The zero-order valence-electron chi connectivity index (χ0n) is 13.7. The summed E-state index contributed by atoms with van der Waals surface area (Å²) in [5.74, 6) is 0. The topological polar surface area (TPSA) is 91.6 Å². The van der Waals surface area contributed by atoms with Gasteiger partial charge in [0, 0.05) is 17.1 Å². The maximum absolute atomic E-state index is 12.1. The lowest BCUT2D eigenvalue weighted by Crippen LogP contribution is -2.40. The smallest absolute Gasteiger partial charge is 0.336 e. The molecule has 6 nitrogen and oxygen atoms in total. The Balaban J connectivity index is 1.64. The molecule has 3 aromatic rings. The quantitative estimate of drug-likeness (QED) is 0.638. The monoisotopic (exact) mass is 338 g/mol. The lowest BCUT2D eigenvalue weighted by molar-refractivity contribution is 0.0599. The maximum Gasteiger partial charge on any atom is 0.336 e. The molecule has 25 heavy (non-hydrogen) atoms. The Bertz CT molecular complexity index is 948. The second kappa shape index (κ2) is 6.78. The van der Waals surface area contributed by atoms with Gasteiger partial charge in [-0.05, 0) is 36.8 Å². The molecule has 0 aliphatic heterocycles. The summed E-state index contributed by atoms with van der Waals surface area (Å²) in [7, 11) is 0. The maximum atomic E-state index is 12.1. The molecule has 0 saturated heterocycles. The van der Waals surface area contributed by atoms with Crippen LogP contribution in [-0.4, -0.2) is 17.7 Å². The molecule has 0 radical (unpaired) electrons. The molecule has 3 N–H and O–H groups in total. The summed E-state index contributed by atoms with van der Waals surface area (Å²) < 4.78 is 5.05. The highest BCUT2D eigenvalue weighted by molar-refractivity contribution is 5.92. The summed E-state index contributed by atoms with van der Waals surface area (Å²) >= 11 is 0. The van der Waals surface area contributed by atoms with Crippen LogP contribution in [0, 0.1) is 0 Å². The van der Waals surface area contributed by atoms with Gasteiger partial charge in [-0.25, -0.2) is 9.59 Å². The largest absolute Gasteiger partial charge is 0.423 e. The zero-order chi connectivity index (χ0) is 17.9. The number of nitrogens with one attached hydrogen (secondary N) is 2. The highest BCUT2D eigenvalue weighted by Crippen LogP contribution is 2.20. The average Bonchev–Trinajstić information content (AvgIpc) is 2.61. The van der Waals surface area contributed by atoms with Crippen molar-refractivity contribution in [3.8, 4) is 0 Å². The standard InChI is InChI=1S/C19H18N2O4/c1-19(24,14-5-3-2-4-6-14)12-20-18(23)21-15-8-9-16-13(11-15)7-10-17(22)25-16/h2-11,24H,12H2,1H3,(H2,20,21,23). The Hall–Kier alpha value is -3.12. The third-order valence-electron chi connectivity index (χ3n) is 3.87. The highest BCUT2D eigenvalue weighted by atomic mass is 16.4. The normalized spacial score (nSPS) is 13.2. The van der Waals surface area contributed by atoms with Crippen molar-refractivity contribution in [1.29, 1.82) is 0 Å². The molecule has 0 aliphatic carbocycles. The third-order valence-corrected chi connectivity index (χ3v) is 3.87. The first kappa shape index (κ1) is 16.7. The molecule has 128 valence electrons. The molecule has 0 bridgehead atoms. The van der Waals surface area contributed by atoms with E-state index in [4.69, 9.17) is 4.42 Å². The fourth-order valence-electron chi connectivity index (χ4n) is 2.48. The number of hydrogen-bond donors (Lipinski definition) is 3. The van der Waals surface area contributed by atoms with Crippen molar-refractivity contribution >= 4 is 22.7 Å². The van der Waals surface area contributed by atoms with Crippen LogP contribution in [0.2, 0.25) is 0 Å². The number of hydrogen-bond acceptors (Lipinski definition) is 4. The summed E-state index contributed by atoms with van der Waals surface area (Å²) in [4.78, 5) is 23.2. The van der Waals surface area contributed by atoms with Crippen LogP contribution >= 0.6 is 0 Å². The number of carbonyl (C=O) groups is 1. The van der Waals surface area contributed by atoms with Gasteiger partial charge in [-0.1, -0.05) is 30.3 Å². The van der Waals surface area contributed by atoms with E-state index in [1.54, 1.807) is 43.3 Å². The predicted molar refractivity (Wildman–Crippen MR) is 95.5 cm³/mol. The average molecular weight is 338 g/mol. The number of fused-ring (bicyclic) bond motifs is 1.